The molecule has 0 atom stereocenters. The molecule has 18 heavy (non-hydrogen) atoms. The first kappa shape index (κ1) is 13.3. The van der Waals surface area contributed by atoms with Crippen molar-refractivity contribution in [3.8, 4) is 0 Å². The summed E-state index contributed by atoms with van der Waals surface area (Å²) in [6.07, 6.45) is 2.22. The SMILES string of the molecule is Nc1cccc(CCCSc2ccc(Cl)cc2)c1. The van der Waals surface area contributed by atoms with E-state index < -0.39 is 0 Å². The number of hydrogen-bond acceptors (Lipinski definition) is 2. The van der Waals surface area contributed by atoms with Gasteiger partial charge in [-0.3, -0.25) is 0 Å². The molecule has 0 radical (unpaired) electrons. The Morgan fingerprint density at radius 3 is 2.56 bits per heavy atom. The molecule has 0 aliphatic rings. The van der Waals surface area contributed by atoms with Crippen LogP contribution in [0.15, 0.2) is 53.4 Å². The third-order valence-corrected chi connectivity index (χ3v) is 3.99. The Balaban J connectivity index is 1.74. The molecule has 2 aromatic carbocycles. The van der Waals surface area contributed by atoms with Gasteiger partial charge >= 0.3 is 0 Å². The van der Waals surface area contributed by atoms with Crippen molar-refractivity contribution in [2.75, 3.05) is 11.5 Å². The molecular weight excluding hydrogens is 262 g/mol. The van der Waals surface area contributed by atoms with Crippen LogP contribution >= 0.6 is 23.4 Å². The first-order valence-corrected chi connectivity index (χ1v) is 7.33. The Bertz CT molecular complexity index is 496. The molecule has 0 aliphatic carbocycles. The first-order valence-electron chi connectivity index (χ1n) is 5.97. The molecule has 2 N–H and O–H groups in total. The van der Waals surface area contributed by atoms with Crippen molar-refractivity contribution in [2.24, 2.45) is 0 Å². The van der Waals surface area contributed by atoms with Gasteiger partial charge in [0.1, 0.15) is 0 Å². The maximum absolute atomic E-state index is 5.85. The van der Waals surface area contributed by atoms with Gasteiger partial charge in [-0.05, 0) is 60.6 Å². The van der Waals surface area contributed by atoms with E-state index in [1.54, 1.807) is 0 Å². The van der Waals surface area contributed by atoms with Crippen LogP contribution in [0.25, 0.3) is 0 Å². The number of rotatable bonds is 5. The average Bonchev–Trinajstić information content (AvgIpc) is 2.37. The van der Waals surface area contributed by atoms with Gasteiger partial charge in [-0.25, -0.2) is 0 Å². The van der Waals surface area contributed by atoms with E-state index in [1.807, 2.05) is 42.1 Å². The van der Waals surface area contributed by atoms with Crippen molar-refractivity contribution in [3.05, 3.63) is 59.1 Å². The summed E-state index contributed by atoms with van der Waals surface area (Å²) in [5.41, 5.74) is 7.91. The van der Waals surface area contributed by atoms with Gasteiger partial charge < -0.3 is 5.73 Å². The third-order valence-electron chi connectivity index (χ3n) is 2.64. The van der Waals surface area contributed by atoms with Crippen LogP contribution in [0.1, 0.15) is 12.0 Å². The van der Waals surface area contributed by atoms with E-state index >= 15 is 0 Å². The number of nitrogen functional groups attached to an aromatic ring is 1. The zero-order valence-electron chi connectivity index (χ0n) is 10.1. The number of hydrogen-bond donors (Lipinski definition) is 1. The molecule has 0 saturated heterocycles. The highest BCUT2D eigenvalue weighted by atomic mass is 35.5. The van der Waals surface area contributed by atoms with Crippen molar-refractivity contribution in [3.63, 3.8) is 0 Å². The standard InChI is InChI=1S/C15H16ClNS/c16-13-6-8-15(9-7-13)18-10-2-4-12-3-1-5-14(17)11-12/h1,3,5-9,11H,2,4,10,17H2. The highest BCUT2D eigenvalue weighted by molar-refractivity contribution is 7.99. The average molecular weight is 278 g/mol. The summed E-state index contributed by atoms with van der Waals surface area (Å²) >= 11 is 7.71. The number of thioether (sulfide) groups is 1. The fraction of sp³-hybridized carbons (Fsp3) is 0.200. The summed E-state index contributed by atoms with van der Waals surface area (Å²) in [7, 11) is 0. The molecule has 0 aliphatic heterocycles. The van der Waals surface area contributed by atoms with Gasteiger partial charge in [-0.15, -0.1) is 11.8 Å². The molecule has 1 nitrogen and oxygen atoms in total. The van der Waals surface area contributed by atoms with Crippen LogP contribution < -0.4 is 5.73 Å². The lowest BCUT2D eigenvalue weighted by atomic mass is 10.1. The number of halogens is 1. The largest absolute Gasteiger partial charge is 0.399 e. The highest BCUT2D eigenvalue weighted by Crippen LogP contribution is 2.21. The van der Waals surface area contributed by atoms with E-state index in [0.29, 0.717) is 0 Å². The molecule has 94 valence electrons. The lowest BCUT2D eigenvalue weighted by Gasteiger charge is -2.03. The number of aryl methyl sites for hydroxylation is 1. The maximum Gasteiger partial charge on any atom is 0.0406 e. The quantitative estimate of drug-likeness (QED) is 0.489. The van der Waals surface area contributed by atoms with Crippen LogP contribution in [0.5, 0.6) is 0 Å². The predicted octanol–water partition coefficient (Wildman–Crippen LogP) is 4.65. The zero-order chi connectivity index (χ0) is 12.8. The van der Waals surface area contributed by atoms with Crippen molar-refractivity contribution in [1.29, 1.82) is 0 Å². The Hall–Kier alpha value is -1.12. The van der Waals surface area contributed by atoms with Crippen LogP contribution in [0, 0.1) is 0 Å². The van der Waals surface area contributed by atoms with Crippen LogP contribution in [0.2, 0.25) is 5.02 Å². The Morgan fingerprint density at radius 1 is 1.06 bits per heavy atom. The van der Waals surface area contributed by atoms with Crippen molar-refractivity contribution in [2.45, 2.75) is 17.7 Å². The van der Waals surface area contributed by atoms with Gasteiger partial charge in [0.05, 0.1) is 0 Å². The first-order chi connectivity index (χ1) is 8.74. The summed E-state index contributed by atoms with van der Waals surface area (Å²) in [6.45, 7) is 0. The summed E-state index contributed by atoms with van der Waals surface area (Å²) in [5, 5.41) is 0.791. The Kier molecular flexibility index (Phi) is 4.97. The fourth-order valence-corrected chi connectivity index (χ4v) is 2.72. The van der Waals surface area contributed by atoms with E-state index in [4.69, 9.17) is 17.3 Å². The van der Waals surface area contributed by atoms with Gasteiger partial charge in [-0.2, -0.15) is 0 Å². The monoisotopic (exact) mass is 277 g/mol. The molecule has 0 bridgehead atoms. The second-order valence-electron chi connectivity index (χ2n) is 4.15. The van der Waals surface area contributed by atoms with Crippen LogP contribution in [-0.4, -0.2) is 5.75 Å². The molecular formula is C15H16ClNS. The summed E-state index contributed by atoms with van der Waals surface area (Å²) in [6, 6.07) is 16.1. The lowest BCUT2D eigenvalue weighted by molar-refractivity contribution is 0.933. The number of nitrogens with two attached hydrogens (primary N) is 1. The van der Waals surface area contributed by atoms with Crippen LogP contribution in [-0.2, 0) is 6.42 Å². The second-order valence-corrected chi connectivity index (χ2v) is 5.76. The van der Waals surface area contributed by atoms with E-state index in [9.17, 15) is 0 Å². The summed E-state index contributed by atoms with van der Waals surface area (Å²) in [4.78, 5) is 1.27. The van der Waals surface area contributed by atoms with E-state index in [2.05, 4.69) is 18.2 Å². The Morgan fingerprint density at radius 2 is 1.83 bits per heavy atom. The molecule has 0 amide bonds. The topological polar surface area (TPSA) is 26.0 Å². The van der Waals surface area contributed by atoms with E-state index in [-0.39, 0.29) is 0 Å². The molecule has 0 heterocycles. The van der Waals surface area contributed by atoms with E-state index in [1.165, 1.54) is 10.5 Å². The van der Waals surface area contributed by atoms with E-state index in [0.717, 1.165) is 29.3 Å². The van der Waals surface area contributed by atoms with Crippen molar-refractivity contribution < 1.29 is 0 Å². The zero-order valence-corrected chi connectivity index (χ0v) is 11.7. The smallest absolute Gasteiger partial charge is 0.0406 e. The van der Waals surface area contributed by atoms with Gasteiger partial charge in [0.15, 0.2) is 0 Å². The third kappa shape index (κ3) is 4.28. The second kappa shape index (κ2) is 6.72. The van der Waals surface area contributed by atoms with Crippen LogP contribution in [0.4, 0.5) is 5.69 Å². The molecule has 0 unspecified atom stereocenters. The normalized spacial score (nSPS) is 10.5. The molecule has 0 spiro atoms. The van der Waals surface area contributed by atoms with Crippen molar-refractivity contribution >= 4 is 29.1 Å². The van der Waals surface area contributed by atoms with Gasteiger partial charge in [0.25, 0.3) is 0 Å². The minimum Gasteiger partial charge on any atom is -0.399 e. The summed E-state index contributed by atoms with van der Waals surface area (Å²) < 4.78 is 0. The fourth-order valence-electron chi connectivity index (χ4n) is 1.75. The molecule has 2 aromatic rings. The van der Waals surface area contributed by atoms with Crippen molar-refractivity contribution in [1.82, 2.24) is 0 Å². The minimum atomic E-state index is 0.791. The number of benzene rings is 2. The van der Waals surface area contributed by atoms with Gasteiger partial charge in [0, 0.05) is 15.6 Å². The van der Waals surface area contributed by atoms with Gasteiger partial charge in [0.2, 0.25) is 0 Å². The highest BCUT2D eigenvalue weighted by Gasteiger charge is 1.97. The lowest BCUT2D eigenvalue weighted by Crippen LogP contribution is -1.90. The van der Waals surface area contributed by atoms with Crippen LogP contribution in [0.3, 0.4) is 0 Å². The molecule has 0 saturated carbocycles. The molecule has 0 fully saturated rings. The minimum absolute atomic E-state index is 0.791. The van der Waals surface area contributed by atoms with Gasteiger partial charge in [-0.1, -0.05) is 23.7 Å². The predicted molar refractivity (Wildman–Crippen MR) is 81.4 cm³/mol. The molecule has 2 rings (SSSR count). The molecule has 3 heteroatoms. The summed E-state index contributed by atoms with van der Waals surface area (Å²) in [5.74, 6) is 1.11. The Labute approximate surface area is 117 Å². The molecule has 0 aromatic heterocycles. The maximum atomic E-state index is 5.85. The number of anilines is 1.